The molecule has 0 heterocycles. The molecule has 3 atom stereocenters. The molecule has 0 saturated heterocycles. The van der Waals surface area contributed by atoms with Gasteiger partial charge >= 0.3 is 13.8 Å². The first-order chi connectivity index (χ1) is 32.4. The van der Waals surface area contributed by atoms with Gasteiger partial charge in [-0.05, 0) is 51.0 Å². The zero-order chi connectivity index (χ0) is 49.4. The lowest BCUT2D eigenvalue weighted by Crippen LogP contribution is -2.47. The van der Waals surface area contributed by atoms with Gasteiger partial charge in [0.15, 0.2) is 0 Å². The molecule has 0 saturated carbocycles. The summed E-state index contributed by atoms with van der Waals surface area (Å²) in [5, 5.41) is 3.03. The number of allylic oxidation sites excluding steroid dienone is 5. The van der Waals surface area contributed by atoms with Gasteiger partial charge in [-0.25, -0.2) is 4.57 Å². The van der Waals surface area contributed by atoms with Crippen LogP contribution in [0.5, 0.6) is 0 Å². The maximum Gasteiger partial charge on any atom is 0.472 e. The van der Waals surface area contributed by atoms with Gasteiger partial charge in [-0.3, -0.25) is 18.6 Å². The number of hydrogen-bond acceptors (Lipinski definition) is 6. The van der Waals surface area contributed by atoms with Crippen molar-refractivity contribution in [3.8, 4) is 0 Å². The molecular formula is C57H110N2O7P+. The Labute approximate surface area is 415 Å². The molecule has 3 unspecified atom stereocenters. The standard InChI is InChI=1S/C57H109N2O7P/c1-7-10-13-16-19-22-25-28-29-30-32-34-37-40-43-46-49-56(60)58-54(53-65-67(62,63)64-52-51-59(4,5)6)55(48-45-42-39-36-33-27-24-21-18-15-12-9-3)66-57(61)50-47-44-41-38-35-31-26-23-20-17-14-11-8-2/h31,35,41,44-45,48,54-55H,7-30,32-34,36-40,42-43,46-47,49-53H2,1-6H3,(H-,58,60,62,63)/p+1/b35-31-,44-41+,48-45+. The monoisotopic (exact) mass is 966 g/mol. The average Bonchev–Trinajstić information content (AvgIpc) is 3.28. The van der Waals surface area contributed by atoms with Crippen LogP contribution in [-0.4, -0.2) is 74.3 Å². The minimum atomic E-state index is -4.45. The van der Waals surface area contributed by atoms with E-state index in [1.54, 1.807) is 0 Å². The number of quaternary nitrogens is 1. The van der Waals surface area contributed by atoms with Crippen molar-refractivity contribution in [1.82, 2.24) is 5.32 Å². The fourth-order valence-electron chi connectivity index (χ4n) is 8.17. The highest BCUT2D eigenvalue weighted by atomic mass is 31.2. The number of hydrogen-bond donors (Lipinski definition) is 2. The molecule has 0 aromatic rings. The van der Waals surface area contributed by atoms with Crippen LogP contribution in [0.2, 0.25) is 0 Å². The summed E-state index contributed by atoms with van der Waals surface area (Å²) in [4.78, 5) is 37.5. The minimum absolute atomic E-state index is 0.0349. The third-order valence-corrected chi connectivity index (χ3v) is 13.6. The van der Waals surface area contributed by atoms with Gasteiger partial charge in [0.1, 0.15) is 19.3 Å². The lowest BCUT2D eigenvalue weighted by molar-refractivity contribution is -0.870. The number of amides is 1. The number of unbranched alkanes of at least 4 members (excludes halogenated alkanes) is 31. The van der Waals surface area contributed by atoms with Gasteiger partial charge in [0.25, 0.3) is 0 Å². The summed E-state index contributed by atoms with van der Waals surface area (Å²) in [5.74, 6) is -0.574. The molecule has 0 bridgehead atoms. The molecule has 1 amide bonds. The Morgan fingerprint density at radius 1 is 0.522 bits per heavy atom. The fourth-order valence-corrected chi connectivity index (χ4v) is 8.91. The van der Waals surface area contributed by atoms with Crippen molar-refractivity contribution >= 4 is 19.7 Å². The maximum atomic E-state index is 13.5. The first-order valence-electron chi connectivity index (χ1n) is 28.3. The van der Waals surface area contributed by atoms with E-state index in [0.29, 0.717) is 23.9 Å². The van der Waals surface area contributed by atoms with E-state index in [-0.39, 0.29) is 31.5 Å². The molecule has 0 aliphatic heterocycles. The van der Waals surface area contributed by atoms with E-state index in [1.165, 1.54) is 173 Å². The predicted molar refractivity (Wildman–Crippen MR) is 286 cm³/mol. The summed E-state index contributed by atoms with van der Waals surface area (Å²) in [6.45, 7) is 6.98. The van der Waals surface area contributed by atoms with Crippen LogP contribution < -0.4 is 5.32 Å². The summed E-state index contributed by atoms with van der Waals surface area (Å²) in [6, 6.07) is -0.865. The summed E-state index contributed by atoms with van der Waals surface area (Å²) in [6.07, 6.45) is 55.8. The topological polar surface area (TPSA) is 111 Å². The SMILES string of the molecule is CCCCCCCC/C=C\C/C=C/CCC(=O)OC(/C=C/CCCCCCCCCCCC)C(COP(=O)(O)OCC[N+](C)(C)C)NC(=O)CCCCCCCCCCCCCCCCCC. The van der Waals surface area contributed by atoms with Crippen LogP contribution in [0.25, 0.3) is 0 Å². The van der Waals surface area contributed by atoms with Gasteiger partial charge in [-0.15, -0.1) is 0 Å². The lowest BCUT2D eigenvalue weighted by atomic mass is 10.0. The number of nitrogens with zero attached hydrogens (tertiary/aromatic N) is 1. The van der Waals surface area contributed by atoms with Gasteiger partial charge < -0.3 is 19.4 Å². The minimum Gasteiger partial charge on any atom is -0.456 e. The van der Waals surface area contributed by atoms with Crippen molar-refractivity contribution < 1.29 is 37.3 Å². The lowest BCUT2D eigenvalue weighted by Gasteiger charge is -2.27. The van der Waals surface area contributed by atoms with Gasteiger partial charge in [0.2, 0.25) is 5.91 Å². The predicted octanol–water partition coefficient (Wildman–Crippen LogP) is 16.8. The molecule has 67 heavy (non-hydrogen) atoms. The van der Waals surface area contributed by atoms with E-state index in [2.05, 4.69) is 44.3 Å². The Hall–Kier alpha value is -1.77. The third-order valence-electron chi connectivity index (χ3n) is 12.6. The Morgan fingerprint density at radius 3 is 1.37 bits per heavy atom. The maximum absolute atomic E-state index is 13.5. The van der Waals surface area contributed by atoms with Crippen LogP contribution in [0.4, 0.5) is 0 Å². The highest BCUT2D eigenvalue weighted by molar-refractivity contribution is 7.47. The molecule has 10 heteroatoms. The summed E-state index contributed by atoms with van der Waals surface area (Å²) in [7, 11) is 1.48. The van der Waals surface area contributed by atoms with E-state index in [0.717, 1.165) is 51.4 Å². The molecular weight excluding hydrogens is 856 g/mol. The van der Waals surface area contributed by atoms with Crippen molar-refractivity contribution in [1.29, 1.82) is 0 Å². The molecule has 0 aliphatic carbocycles. The molecule has 9 nitrogen and oxygen atoms in total. The van der Waals surface area contributed by atoms with Gasteiger partial charge in [-0.2, -0.15) is 0 Å². The van der Waals surface area contributed by atoms with E-state index in [1.807, 2.05) is 39.4 Å². The second-order valence-corrected chi connectivity index (χ2v) is 21.9. The van der Waals surface area contributed by atoms with Crippen LogP contribution in [0.15, 0.2) is 36.5 Å². The molecule has 0 spiro atoms. The number of esters is 1. The van der Waals surface area contributed by atoms with E-state index < -0.39 is 20.0 Å². The van der Waals surface area contributed by atoms with E-state index in [9.17, 15) is 19.0 Å². The Morgan fingerprint density at radius 2 is 0.925 bits per heavy atom. The van der Waals surface area contributed by atoms with E-state index >= 15 is 0 Å². The van der Waals surface area contributed by atoms with Gasteiger partial charge in [0.05, 0.1) is 33.8 Å². The molecule has 0 aliphatic rings. The summed E-state index contributed by atoms with van der Waals surface area (Å²) < 4.78 is 30.5. The largest absolute Gasteiger partial charge is 0.472 e. The highest BCUT2D eigenvalue weighted by Crippen LogP contribution is 2.43. The van der Waals surface area contributed by atoms with E-state index in [4.69, 9.17) is 13.8 Å². The van der Waals surface area contributed by atoms with Crippen molar-refractivity contribution in [2.24, 2.45) is 0 Å². The zero-order valence-corrected chi connectivity index (χ0v) is 45.8. The summed E-state index contributed by atoms with van der Waals surface area (Å²) in [5.41, 5.74) is 0. The first kappa shape index (κ1) is 65.2. The molecule has 0 aromatic heterocycles. The Bertz CT molecular complexity index is 1250. The quantitative estimate of drug-likeness (QED) is 0.0205. The molecule has 0 aromatic carbocycles. The van der Waals surface area contributed by atoms with Crippen LogP contribution >= 0.6 is 7.82 Å². The highest BCUT2D eigenvalue weighted by Gasteiger charge is 2.30. The van der Waals surface area contributed by atoms with Crippen LogP contribution in [0.1, 0.15) is 265 Å². The number of phosphoric acid groups is 1. The van der Waals surface area contributed by atoms with Crippen molar-refractivity contribution in [3.63, 3.8) is 0 Å². The number of phosphoric ester groups is 1. The number of ether oxygens (including phenoxy) is 1. The summed E-state index contributed by atoms with van der Waals surface area (Å²) >= 11 is 0. The molecule has 0 fully saturated rings. The molecule has 2 N–H and O–H groups in total. The number of rotatable bonds is 51. The van der Waals surface area contributed by atoms with Crippen molar-refractivity contribution in [2.45, 2.75) is 277 Å². The fraction of sp³-hybridized carbons (Fsp3) is 0.860. The second kappa shape index (κ2) is 47.9. The van der Waals surface area contributed by atoms with Crippen molar-refractivity contribution in [3.05, 3.63) is 36.5 Å². The van der Waals surface area contributed by atoms with Crippen LogP contribution in [-0.2, 0) is 27.9 Å². The Balaban J connectivity index is 5.40. The molecule has 0 radical (unpaired) electrons. The molecule has 394 valence electrons. The zero-order valence-electron chi connectivity index (χ0n) is 44.9. The number of likely N-dealkylation sites (N-methyl/N-ethyl adjacent to an activating group) is 1. The van der Waals surface area contributed by atoms with Crippen LogP contribution in [0.3, 0.4) is 0 Å². The van der Waals surface area contributed by atoms with Gasteiger partial charge in [0, 0.05) is 12.8 Å². The van der Waals surface area contributed by atoms with Gasteiger partial charge in [-0.1, -0.05) is 237 Å². The Kier molecular flexibility index (Phi) is 46.6. The number of nitrogens with one attached hydrogen (secondary N) is 1. The average molecular weight is 966 g/mol. The number of carbonyl (C=O) groups is 2. The number of carbonyl (C=O) groups excluding carboxylic acids is 2. The van der Waals surface area contributed by atoms with Crippen LogP contribution in [0, 0.1) is 0 Å². The third kappa shape index (κ3) is 49.0. The molecule has 0 rings (SSSR count). The second-order valence-electron chi connectivity index (χ2n) is 20.5. The van der Waals surface area contributed by atoms with Crippen molar-refractivity contribution in [2.75, 3.05) is 40.9 Å². The normalized spacial score (nSPS) is 14.1. The smallest absolute Gasteiger partial charge is 0.456 e. The first-order valence-corrected chi connectivity index (χ1v) is 29.8.